The van der Waals surface area contributed by atoms with Gasteiger partial charge in [0, 0.05) is 12.7 Å². The van der Waals surface area contributed by atoms with Crippen molar-refractivity contribution < 1.29 is 14.6 Å². The highest BCUT2D eigenvalue weighted by Crippen LogP contribution is 2.32. The van der Waals surface area contributed by atoms with Crippen LogP contribution in [0.2, 0.25) is 0 Å². The Morgan fingerprint density at radius 3 is 2.31 bits per heavy atom. The Morgan fingerprint density at radius 1 is 1.19 bits per heavy atom. The molecule has 0 aliphatic carbocycles. The van der Waals surface area contributed by atoms with E-state index in [0.717, 1.165) is 16.7 Å². The first-order valence-electron chi connectivity index (χ1n) is 5.37. The predicted octanol–water partition coefficient (Wildman–Crippen LogP) is 2.38. The van der Waals surface area contributed by atoms with Crippen LogP contribution in [0.25, 0.3) is 0 Å². The molecule has 2 atom stereocenters. The van der Waals surface area contributed by atoms with E-state index in [2.05, 4.69) is 0 Å². The third-order valence-corrected chi connectivity index (χ3v) is 2.83. The van der Waals surface area contributed by atoms with Crippen LogP contribution in [-0.2, 0) is 4.74 Å². The Morgan fingerprint density at radius 2 is 1.81 bits per heavy atom. The predicted molar refractivity (Wildman–Crippen MR) is 63.9 cm³/mol. The highest BCUT2D eigenvalue weighted by molar-refractivity contribution is 5.44. The van der Waals surface area contributed by atoms with E-state index in [1.54, 1.807) is 14.2 Å². The molecule has 0 spiro atoms. The van der Waals surface area contributed by atoms with Crippen LogP contribution in [0.5, 0.6) is 5.75 Å². The zero-order valence-corrected chi connectivity index (χ0v) is 10.6. The average molecular weight is 224 g/mol. The van der Waals surface area contributed by atoms with Crippen molar-refractivity contribution in [3.8, 4) is 5.75 Å². The van der Waals surface area contributed by atoms with Crippen molar-refractivity contribution >= 4 is 0 Å². The monoisotopic (exact) mass is 224 g/mol. The topological polar surface area (TPSA) is 38.7 Å². The number of methoxy groups -OCH3 is 2. The van der Waals surface area contributed by atoms with Crippen LogP contribution in [0.1, 0.15) is 29.7 Å². The van der Waals surface area contributed by atoms with Crippen molar-refractivity contribution in [2.75, 3.05) is 14.2 Å². The summed E-state index contributed by atoms with van der Waals surface area (Å²) < 4.78 is 10.5. The maximum Gasteiger partial charge on any atom is 0.125 e. The van der Waals surface area contributed by atoms with Crippen LogP contribution in [-0.4, -0.2) is 25.4 Å². The maximum absolute atomic E-state index is 10.2. The van der Waals surface area contributed by atoms with Gasteiger partial charge in [-0.25, -0.2) is 0 Å². The number of rotatable bonds is 4. The summed E-state index contributed by atoms with van der Waals surface area (Å²) in [5.74, 6) is 0.717. The first-order valence-corrected chi connectivity index (χ1v) is 5.37. The molecule has 2 unspecified atom stereocenters. The Hall–Kier alpha value is -1.06. The van der Waals surface area contributed by atoms with E-state index in [1.807, 2.05) is 32.9 Å². The molecule has 0 aliphatic heterocycles. The highest BCUT2D eigenvalue weighted by atomic mass is 16.5. The van der Waals surface area contributed by atoms with Crippen LogP contribution < -0.4 is 4.74 Å². The number of hydrogen-bond acceptors (Lipinski definition) is 3. The van der Waals surface area contributed by atoms with Crippen LogP contribution in [0.3, 0.4) is 0 Å². The molecule has 0 heterocycles. The van der Waals surface area contributed by atoms with Gasteiger partial charge in [-0.1, -0.05) is 6.07 Å². The molecule has 3 nitrogen and oxygen atoms in total. The van der Waals surface area contributed by atoms with E-state index in [-0.39, 0.29) is 6.10 Å². The molecule has 0 bridgehead atoms. The van der Waals surface area contributed by atoms with Crippen molar-refractivity contribution in [1.82, 2.24) is 0 Å². The van der Waals surface area contributed by atoms with Gasteiger partial charge in [-0.15, -0.1) is 0 Å². The summed E-state index contributed by atoms with van der Waals surface area (Å²) in [6, 6.07) is 3.96. The van der Waals surface area contributed by atoms with Gasteiger partial charge in [-0.2, -0.15) is 0 Å². The molecule has 1 aromatic rings. The molecule has 0 amide bonds. The van der Waals surface area contributed by atoms with Crippen LogP contribution in [0.15, 0.2) is 12.1 Å². The molecule has 90 valence electrons. The van der Waals surface area contributed by atoms with Crippen LogP contribution in [0.4, 0.5) is 0 Å². The van der Waals surface area contributed by atoms with Crippen molar-refractivity contribution in [2.24, 2.45) is 0 Å². The van der Waals surface area contributed by atoms with E-state index in [9.17, 15) is 5.11 Å². The lowest BCUT2D eigenvalue weighted by Gasteiger charge is -2.22. The van der Waals surface area contributed by atoms with Gasteiger partial charge in [0.2, 0.25) is 0 Å². The second kappa shape index (κ2) is 5.32. The van der Waals surface area contributed by atoms with Gasteiger partial charge in [0.15, 0.2) is 0 Å². The van der Waals surface area contributed by atoms with Crippen LogP contribution >= 0.6 is 0 Å². The number of hydrogen-bond donors (Lipinski definition) is 1. The Kier molecular flexibility index (Phi) is 4.33. The van der Waals surface area contributed by atoms with Gasteiger partial charge in [-0.05, 0) is 38.0 Å². The maximum atomic E-state index is 10.2. The van der Waals surface area contributed by atoms with Crippen molar-refractivity contribution in [2.45, 2.75) is 33.0 Å². The highest BCUT2D eigenvalue weighted by Gasteiger charge is 2.22. The summed E-state index contributed by atoms with van der Waals surface area (Å²) in [5.41, 5.74) is 2.95. The number of aliphatic hydroxyl groups excluding tert-OH is 1. The zero-order chi connectivity index (χ0) is 12.3. The minimum Gasteiger partial charge on any atom is -0.496 e. The summed E-state index contributed by atoms with van der Waals surface area (Å²) in [4.78, 5) is 0. The quantitative estimate of drug-likeness (QED) is 0.853. The number of benzene rings is 1. The minimum absolute atomic E-state index is 0.254. The second-order valence-corrected chi connectivity index (χ2v) is 4.08. The molecule has 0 aromatic heterocycles. The Bertz CT molecular complexity index is 360. The normalized spacial score (nSPS) is 14.6. The molecule has 0 fully saturated rings. The van der Waals surface area contributed by atoms with Gasteiger partial charge < -0.3 is 14.6 Å². The molecule has 1 N–H and O–H groups in total. The van der Waals surface area contributed by atoms with Gasteiger partial charge in [0.05, 0.1) is 13.2 Å². The first kappa shape index (κ1) is 13.0. The molecule has 1 aromatic carbocycles. The summed E-state index contributed by atoms with van der Waals surface area (Å²) in [5, 5.41) is 10.2. The third-order valence-electron chi connectivity index (χ3n) is 2.83. The minimum atomic E-state index is -0.666. The van der Waals surface area contributed by atoms with E-state index in [0.29, 0.717) is 5.75 Å². The molecule has 3 heteroatoms. The lowest BCUT2D eigenvalue weighted by molar-refractivity contribution is -0.00282. The fourth-order valence-electron chi connectivity index (χ4n) is 1.85. The van der Waals surface area contributed by atoms with E-state index in [4.69, 9.17) is 9.47 Å². The molecule has 0 saturated carbocycles. The number of aryl methyl sites for hydroxylation is 2. The molecular weight excluding hydrogens is 204 g/mol. The average Bonchev–Trinajstić information content (AvgIpc) is 2.26. The largest absolute Gasteiger partial charge is 0.496 e. The summed E-state index contributed by atoms with van der Waals surface area (Å²) in [6.45, 7) is 5.81. The Labute approximate surface area is 97.0 Å². The molecule has 0 saturated heterocycles. The van der Waals surface area contributed by atoms with Crippen molar-refractivity contribution in [3.05, 3.63) is 28.8 Å². The smallest absolute Gasteiger partial charge is 0.125 e. The van der Waals surface area contributed by atoms with Gasteiger partial charge in [-0.3, -0.25) is 0 Å². The van der Waals surface area contributed by atoms with Crippen molar-refractivity contribution in [1.29, 1.82) is 0 Å². The summed E-state index contributed by atoms with van der Waals surface area (Å²) >= 11 is 0. The Balaban J connectivity index is 3.20. The first-order chi connectivity index (χ1) is 7.51. The van der Waals surface area contributed by atoms with Crippen molar-refractivity contribution in [3.63, 3.8) is 0 Å². The molecular formula is C13H20O3. The summed E-state index contributed by atoms with van der Waals surface area (Å²) in [6.07, 6.45) is -0.921. The van der Waals surface area contributed by atoms with E-state index < -0.39 is 6.10 Å². The van der Waals surface area contributed by atoms with Crippen LogP contribution in [0, 0.1) is 13.8 Å². The molecule has 0 aliphatic rings. The lowest BCUT2D eigenvalue weighted by atomic mass is 9.97. The van der Waals surface area contributed by atoms with Gasteiger partial charge in [0.25, 0.3) is 0 Å². The summed E-state index contributed by atoms with van der Waals surface area (Å²) in [7, 11) is 3.20. The van der Waals surface area contributed by atoms with E-state index >= 15 is 0 Å². The second-order valence-electron chi connectivity index (χ2n) is 4.08. The fourth-order valence-corrected chi connectivity index (χ4v) is 1.85. The fraction of sp³-hybridized carbons (Fsp3) is 0.538. The van der Waals surface area contributed by atoms with Gasteiger partial charge in [0.1, 0.15) is 11.9 Å². The standard InChI is InChI=1S/C13H20O3/c1-8-6-9(2)12(11(7-8)16-5)13(14)10(3)15-4/h6-7,10,13-14H,1-5H3. The number of aliphatic hydroxyl groups is 1. The molecule has 1 rings (SSSR count). The third kappa shape index (κ3) is 2.54. The number of ether oxygens (including phenoxy) is 2. The zero-order valence-electron chi connectivity index (χ0n) is 10.6. The molecule has 16 heavy (non-hydrogen) atoms. The van der Waals surface area contributed by atoms with Gasteiger partial charge >= 0.3 is 0 Å². The van der Waals surface area contributed by atoms with E-state index in [1.165, 1.54) is 0 Å². The molecule has 0 radical (unpaired) electrons. The lowest BCUT2D eigenvalue weighted by Crippen LogP contribution is -2.18. The SMILES string of the molecule is COc1cc(C)cc(C)c1C(O)C(C)OC.